The molecule has 0 bridgehead atoms. The summed E-state index contributed by atoms with van der Waals surface area (Å²) in [5.41, 5.74) is 0.955. The lowest BCUT2D eigenvalue weighted by Gasteiger charge is -2.39. The number of aromatic hydroxyl groups is 1. The molecule has 0 unspecified atom stereocenters. The first-order chi connectivity index (χ1) is 16.3. The van der Waals surface area contributed by atoms with Crippen LogP contribution in [0.25, 0.3) is 0 Å². The van der Waals surface area contributed by atoms with Crippen molar-refractivity contribution < 1.29 is 54.3 Å². The molecule has 7 atom stereocenters. The molecule has 2 aromatic rings. The smallest absolute Gasteiger partial charge is 0.229 e. The quantitative estimate of drug-likeness (QED) is 0.319. The molecule has 0 radical (unpaired) electrons. The number of aliphatic hydroxyl groups excluding tert-OH is 5. The fraction of sp³-hybridized carbons (Fsp3) is 0.478. The Labute approximate surface area is 195 Å². The molecule has 186 valence electrons. The number of hydrogen-bond acceptors (Lipinski definition) is 11. The minimum absolute atomic E-state index is 0.0479. The van der Waals surface area contributed by atoms with Crippen LogP contribution in [0.1, 0.15) is 17.2 Å². The molecule has 1 fully saturated rings. The van der Waals surface area contributed by atoms with E-state index in [0.717, 1.165) is 0 Å². The van der Waals surface area contributed by atoms with Crippen LogP contribution in [0.2, 0.25) is 0 Å². The first kappa shape index (κ1) is 24.3. The fourth-order valence-electron chi connectivity index (χ4n) is 4.11. The van der Waals surface area contributed by atoms with Crippen LogP contribution in [-0.2, 0) is 11.2 Å². The van der Waals surface area contributed by atoms with Crippen LogP contribution in [0.4, 0.5) is 0 Å². The Kier molecular flexibility index (Phi) is 7.03. The van der Waals surface area contributed by atoms with E-state index in [-0.39, 0.29) is 23.7 Å². The first-order valence-corrected chi connectivity index (χ1v) is 10.7. The zero-order valence-electron chi connectivity index (χ0n) is 18.6. The Morgan fingerprint density at radius 3 is 2.38 bits per heavy atom. The van der Waals surface area contributed by atoms with Gasteiger partial charge in [0.25, 0.3) is 0 Å². The van der Waals surface area contributed by atoms with Crippen molar-refractivity contribution in [1.82, 2.24) is 0 Å². The molecule has 0 amide bonds. The van der Waals surface area contributed by atoms with Gasteiger partial charge in [-0.15, -0.1) is 0 Å². The van der Waals surface area contributed by atoms with E-state index < -0.39 is 49.5 Å². The largest absolute Gasteiger partial charge is 0.507 e. The van der Waals surface area contributed by atoms with Crippen molar-refractivity contribution in [2.45, 2.75) is 49.3 Å². The maximum Gasteiger partial charge on any atom is 0.229 e. The number of hydrogen-bond donors (Lipinski definition) is 6. The lowest BCUT2D eigenvalue weighted by Crippen LogP contribution is -2.60. The third-order valence-electron chi connectivity index (χ3n) is 6.02. The van der Waals surface area contributed by atoms with Crippen molar-refractivity contribution in [1.29, 1.82) is 0 Å². The summed E-state index contributed by atoms with van der Waals surface area (Å²) in [4.78, 5) is 0. The molecule has 2 heterocycles. The standard InChI is InChI=1S/C23H28O11/c1-30-11-6-13(25)12-8-14(26)22(32-16(12)7-11)10-3-4-15(31-2)17(5-10)33-23-21(29)20(28)19(27)18(9-24)34-23/h3-7,14,18-29H,8-9H2,1-2H3/t14-,18+,19+,20-,21+,22+,23+/m0/s1. The van der Waals surface area contributed by atoms with Gasteiger partial charge in [-0.2, -0.15) is 0 Å². The number of methoxy groups -OCH3 is 2. The van der Waals surface area contributed by atoms with Crippen molar-refractivity contribution in [3.8, 4) is 28.7 Å². The van der Waals surface area contributed by atoms with Crippen LogP contribution in [0.5, 0.6) is 28.7 Å². The normalized spacial score (nSPS) is 30.7. The van der Waals surface area contributed by atoms with Crippen molar-refractivity contribution in [2.75, 3.05) is 20.8 Å². The van der Waals surface area contributed by atoms with E-state index in [4.69, 9.17) is 23.7 Å². The molecule has 11 heteroatoms. The van der Waals surface area contributed by atoms with Gasteiger partial charge in [0, 0.05) is 24.1 Å². The summed E-state index contributed by atoms with van der Waals surface area (Å²) in [6, 6.07) is 7.82. The highest BCUT2D eigenvalue weighted by molar-refractivity contribution is 5.52. The molecule has 2 aliphatic rings. The maximum atomic E-state index is 10.7. The van der Waals surface area contributed by atoms with Crippen molar-refractivity contribution in [3.63, 3.8) is 0 Å². The zero-order chi connectivity index (χ0) is 24.6. The van der Waals surface area contributed by atoms with Gasteiger partial charge in [0.15, 0.2) is 11.5 Å². The average Bonchev–Trinajstić information content (AvgIpc) is 2.84. The molecule has 34 heavy (non-hydrogen) atoms. The molecule has 11 nitrogen and oxygen atoms in total. The van der Waals surface area contributed by atoms with Crippen molar-refractivity contribution in [2.24, 2.45) is 0 Å². The van der Waals surface area contributed by atoms with Crippen LogP contribution >= 0.6 is 0 Å². The number of phenols is 1. The highest BCUT2D eigenvalue weighted by Crippen LogP contribution is 2.43. The molecule has 0 aliphatic carbocycles. The van der Waals surface area contributed by atoms with Gasteiger partial charge in [-0.1, -0.05) is 6.07 Å². The molecular formula is C23H28O11. The van der Waals surface area contributed by atoms with E-state index in [1.807, 2.05) is 0 Å². The Balaban J connectivity index is 1.62. The third-order valence-corrected chi connectivity index (χ3v) is 6.02. The molecule has 0 aromatic heterocycles. The summed E-state index contributed by atoms with van der Waals surface area (Å²) >= 11 is 0. The summed E-state index contributed by atoms with van der Waals surface area (Å²) in [6.07, 6.45) is -8.99. The van der Waals surface area contributed by atoms with Crippen LogP contribution in [0.15, 0.2) is 30.3 Å². The second kappa shape index (κ2) is 9.82. The number of fused-ring (bicyclic) bond motifs is 1. The van der Waals surface area contributed by atoms with E-state index in [1.54, 1.807) is 18.2 Å². The van der Waals surface area contributed by atoms with Crippen LogP contribution in [0.3, 0.4) is 0 Å². The molecule has 2 aliphatic heterocycles. The van der Waals surface area contributed by atoms with Gasteiger partial charge < -0.3 is 54.3 Å². The van der Waals surface area contributed by atoms with Gasteiger partial charge in [0.1, 0.15) is 47.8 Å². The number of benzene rings is 2. The molecule has 0 saturated carbocycles. The molecule has 6 N–H and O–H groups in total. The second-order valence-corrected chi connectivity index (χ2v) is 8.16. The van der Waals surface area contributed by atoms with Gasteiger partial charge >= 0.3 is 0 Å². The number of ether oxygens (including phenoxy) is 5. The Morgan fingerprint density at radius 2 is 1.71 bits per heavy atom. The molecule has 1 saturated heterocycles. The number of rotatable bonds is 6. The number of phenolic OH excluding ortho intramolecular Hbond substituents is 1. The monoisotopic (exact) mass is 480 g/mol. The summed E-state index contributed by atoms with van der Waals surface area (Å²) in [7, 11) is 2.87. The fourth-order valence-corrected chi connectivity index (χ4v) is 4.11. The zero-order valence-corrected chi connectivity index (χ0v) is 18.6. The minimum atomic E-state index is -1.61. The summed E-state index contributed by atoms with van der Waals surface area (Å²) in [5, 5.41) is 60.7. The summed E-state index contributed by atoms with van der Waals surface area (Å²) in [5.74, 6) is 1.09. The SMILES string of the molecule is COc1cc(O)c2c(c1)O[C@H](c1ccc(OC)c(O[C@@H]3O[C@H](CO)[C@@H](O)[C@H](O)[C@H]3O)c1)[C@@H](O)C2. The Morgan fingerprint density at radius 1 is 0.941 bits per heavy atom. The Bertz CT molecular complexity index is 1010. The van der Waals surface area contributed by atoms with E-state index in [9.17, 15) is 30.6 Å². The van der Waals surface area contributed by atoms with Gasteiger partial charge in [-0.3, -0.25) is 0 Å². The highest BCUT2D eigenvalue weighted by Gasteiger charge is 2.45. The van der Waals surface area contributed by atoms with Crippen molar-refractivity contribution in [3.05, 3.63) is 41.5 Å². The lowest BCUT2D eigenvalue weighted by molar-refractivity contribution is -0.277. The predicted molar refractivity (Wildman–Crippen MR) is 115 cm³/mol. The summed E-state index contributed by atoms with van der Waals surface area (Å²) < 4.78 is 27.6. The molecule has 4 rings (SSSR count). The van der Waals surface area contributed by atoms with Crippen LogP contribution in [-0.4, -0.2) is 88.3 Å². The van der Waals surface area contributed by atoms with E-state index in [0.29, 0.717) is 22.6 Å². The lowest BCUT2D eigenvalue weighted by atomic mass is 9.94. The van der Waals surface area contributed by atoms with Crippen LogP contribution < -0.4 is 18.9 Å². The van der Waals surface area contributed by atoms with Gasteiger partial charge in [0.2, 0.25) is 6.29 Å². The Hall–Kier alpha value is -2.80. The van der Waals surface area contributed by atoms with E-state index in [2.05, 4.69) is 0 Å². The van der Waals surface area contributed by atoms with E-state index >= 15 is 0 Å². The van der Waals surface area contributed by atoms with Gasteiger partial charge in [-0.05, 0) is 17.7 Å². The predicted octanol–water partition coefficient (Wildman–Crippen LogP) is -0.375. The highest BCUT2D eigenvalue weighted by atomic mass is 16.7. The van der Waals surface area contributed by atoms with Gasteiger partial charge in [0.05, 0.1) is 26.9 Å². The van der Waals surface area contributed by atoms with Crippen LogP contribution in [0, 0.1) is 0 Å². The third kappa shape index (κ3) is 4.45. The molecule has 0 spiro atoms. The van der Waals surface area contributed by atoms with Gasteiger partial charge in [-0.25, -0.2) is 0 Å². The number of aliphatic hydroxyl groups is 5. The van der Waals surface area contributed by atoms with Crippen molar-refractivity contribution >= 4 is 0 Å². The van der Waals surface area contributed by atoms with E-state index in [1.165, 1.54) is 26.4 Å². The first-order valence-electron chi connectivity index (χ1n) is 10.7. The average molecular weight is 480 g/mol. The second-order valence-electron chi connectivity index (χ2n) is 8.16. The topological polar surface area (TPSA) is 168 Å². The minimum Gasteiger partial charge on any atom is -0.507 e. The maximum absolute atomic E-state index is 10.7. The molecular weight excluding hydrogens is 452 g/mol. The summed E-state index contributed by atoms with van der Waals surface area (Å²) in [6.45, 7) is -0.597. The molecule has 2 aromatic carbocycles.